The van der Waals surface area contributed by atoms with Crippen molar-refractivity contribution in [3.63, 3.8) is 0 Å². The molecule has 1 aromatic carbocycles. The van der Waals surface area contributed by atoms with Gasteiger partial charge in [-0.1, -0.05) is 19.9 Å². The van der Waals surface area contributed by atoms with E-state index in [0.717, 1.165) is 5.56 Å². The van der Waals surface area contributed by atoms with Gasteiger partial charge in [-0.05, 0) is 17.7 Å². The first kappa shape index (κ1) is 12.0. The lowest BCUT2D eigenvalue weighted by Gasteiger charge is -2.08. The summed E-state index contributed by atoms with van der Waals surface area (Å²) in [6, 6.07) is 5.52. The minimum atomic E-state index is -0.836. The first-order chi connectivity index (χ1) is 7.04. The Balaban J connectivity index is 2.80. The number of anilines is 1. The van der Waals surface area contributed by atoms with E-state index in [1.807, 2.05) is 32.0 Å². The van der Waals surface area contributed by atoms with Gasteiger partial charge in [0.05, 0.1) is 12.8 Å². The molecule has 0 aliphatic carbocycles. The number of hydrogen-bond donors (Lipinski definition) is 1. The third-order valence-corrected chi connectivity index (χ3v) is 3.80. The zero-order valence-electron chi connectivity index (χ0n) is 9.32. The van der Waals surface area contributed by atoms with Crippen LogP contribution in [0.3, 0.4) is 0 Å². The number of nitrogen functional groups attached to an aromatic ring is 1. The Bertz CT molecular complexity index is 364. The Morgan fingerprint density at radius 1 is 1.47 bits per heavy atom. The average Bonchev–Trinajstić information content (AvgIpc) is 2.18. The first-order valence-electron chi connectivity index (χ1n) is 4.84. The zero-order valence-corrected chi connectivity index (χ0v) is 10.1. The molecule has 84 valence electrons. The molecule has 0 spiro atoms. The normalized spacial score (nSPS) is 12.8. The summed E-state index contributed by atoms with van der Waals surface area (Å²) in [6.45, 7) is 3.89. The number of nitrogens with two attached hydrogens (primary N) is 1. The molecule has 0 bridgehead atoms. The molecule has 0 aliphatic rings. The van der Waals surface area contributed by atoms with E-state index in [1.165, 1.54) is 0 Å². The molecule has 0 saturated heterocycles. The molecule has 4 heteroatoms. The Morgan fingerprint density at radius 3 is 2.60 bits per heavy atom. The molecular formula is C11H17NO2S. The van der Waals surface area contributed by atoms with Crippen LogP contribution >= 0.6 is 0 Å². The fraction of sp³-hybridized carbons (Fsp3) is 0.455. The Kier molecular flexibility index (Phi) is 4.15. The van der Waals surface area contributed by atoms with Crippen molar-refractivity contribution in [1.29, 1.82) is 0 Å². The van der Waals surface area contributed by atoms with Gasteiger partial charge < -0.3 is 10.5 Å². The smallest absolute Gasteiger partial charge is 0.141 e. The lowest BCUT2D eigenvalue weighted by molar-refractivity contribution is 0.417. The minimum Gasteiger partial charge on any atom is -0.495 e. The number of hydrogen-bond acceptors (Lipinski definition) is 3. The van der Waals surface area contributed by atoms with E-state index in [1.54, 1.807) is 7.11 Å². The van der Waals surface area contributed by atoms with Crippen LogP contribution in [-0.4, -0.2) is 16.6 Å². The summed E-state index contributed by atoms with van der Waals surface area (Å²) >= 11 is 0. The highest BCUT2D eigenvalue weighted by atomic mass is 32.2. The van der Waals surface area contributed by atoms with Crippen molar-refractivity contribution in [3.8, 4) is 5.75 Å². The van der Waals surface area contributed by atoms with Crippen LogP contribution in [0.15, 0.2) is 18.2 Å². The van der Waals surface area contributed by atoms with Crippen LogP contribution in [0.4, 0.5) is 5.69 Å². The summed E-state index contributed by atoms with van der Waals surface area (Å²) < 4.78 is 16.7. The molecule has 1 unspecified atom stereocenters. The second kappa shape index (κ2) is 5.16. The lowest BCUT2D eigenvalue weighted by atomic mass is 10.2. The fourth-order valence-electron chi connectivity index (χ4n) is 1.20. The van der Waals surface area contributed by atoms with E-state index in [0.29, 0.717) is 17.2 Å². The van der Waals surface area contributed by atoms with Gasteiger partial charge in [0.15, 0.2) is 0 Å². The largest absolute Gasteiger partial charge is 0.495 e. The highest BCUT2D eigenvalue weighted by Gasteiger charge is 2.07. The third-order valence-electron chi connectivity index (χ3n) is 2.13. The summed E-state index contributed by atoms with van der Waals surface area (Å²) in [4.78, 5) is 0. The van der Waals surface area contributed by atoms with Gasteiger partial charge in [0.25, 0.3) is 0 Å². The van der Waals surface area contributed by atoms with E-state index < -0.39 is 10.8 Å². The molecule has 0 radical (unpaired) electrons. The molecule has 2 N–H and O–H groups in total. The van der Waals surface area contributed by atoms with Crippen molar-refractivity contribution >= 4 is 16.5 Å². The maximum absolute atomic E-state index is 11.6. The van der Waals surface area contributed by atoms with Gasteiger partial charge in [0, 0.05) is 21.8 Å². The van der Waals surface area contributed by atoms with Crippen LogP contribution in [0.5, 0.6) is 5.75 Å². The molecular weight excluding hydrogens is 210 g/mol. The predicted molar refractivity (Wildman–Crippen MR) is 64.4 cm³/mol. The van der Waals surface area contributed by atoms with Gasteiger partial charge in [0.2, 0.25) is 0 Å². The Hall–Kier alpha value is -1.03. The highest BCUT2D eigenvalue weighted by molar-refractivity contribution is 7.84. The van der Waals surface area contributed by atoms with Crippen molar-refractivity contribution < 1.29 is 8.95 Å². The van der Waals surface area contributed by atoms with Crippen LogP contribution < -0.4 is 10.5 Å². The first-order valence-corrected chi connectivity index (χ1v) is 6.22. The van der Waals surface area contributed by atoms with Crippen molar-refractivity contribution in [1.82, 2.24) is 0 Å². The van der Waals surface area contributed by atoms with Gasteiger partial charge in [-0.2, -0.15) is 0 Å². The predicted octanol–water partition coefficient (Wildman–Crippen LogP) is 1.93. The van der Waals surface area contributed by atoms with Crippen molar-refractivity contribution in [3.05, 3.63) is 23.8 Å². The molecule has 0 saturated carbocycles. The summed E-state index contributed by atoms with van der Waals surface area (Å²) in [5.41, 5.74) is 7.34. The lowest BCUT2D eigenvalue weighted by Crippen LogP contribution is -2.08. The molecule has 1 rings (SSSR count). The van der Waals surface area contributed by atoms with Crippen molar-refractivity contribution in [2.45, 2.75) is 24.9 Å². The van der Waals surface area contributed by atoms with Gasteiger partial charge in [-0.25, -0.2) is 0 Å². The zero-order chi connectivity index (χ0) is 11.4. The van der Waals surface area contributed by atoms with Gasteiger partial charge in [-0.15, -0.1) is 0 Å². The molecule has 15 heavy (non-hydrogen) atoms. The van der Waals surface area contributed by atoms with Crippen LogP contribution in [0.1, 0.15) is 19.4 Å². The summed E-state index contributed by atoms with van der Waals surface area (Å²) in [5, 5.41) is 0.174. The van der Waals surface area contributed by atoms with Crippen LogP contribution in [0, 0.1) is 0 Å². The van der Waals surface area contributed by atoms with E-state index in [4.69, 9.17) is 10.5 Å². The number of ether oxygens (including phenoxy) is 1. The standard InChI is InChI=1S/C11H17NO2S/c1-8(2)15(13)7-9-4-5-11(14-3)10(12)6-9/h4-6,8H,7,12H2,1-3H3. The second-order valence-electron chi connectivity index (χ2n) is 3.65. The van der Waals surface area contributed by atoms with E-state index in [-0.39, 0.29) is 5.25 Å². The van der Waals surface area contributed by atoms with Crippen molar-refractivity contribution in [2.75, 3.05) is 12.8 Å². The maximum Gasteiger partial charge on any atom is 0.141 e. The average molecular weight is 227 g/mol. The van der Waals surface area contributed by atoms with Gasteiger partial charge >= 0.3 is 0 Å². The number of rotatable bonds is 4. The Labute approximate surface area is 93.1 Å². The molecule has 0 fully saturated rings. The molecule has 0 heterocycles. The minimum absolute atomic E-state index is 0.174. The number of methoxy groups -OCH3 is 1. The van der Waals surface area contributed by atoms with Gasteiger partial charge in [0.1, 0.15) is 5.75 Å². The van der Waals surface area contributed by atoms with Crippen LogP contribution in [-0.2, 0) is 16.6 Å². The van der Waals surface area contributed by atoms with Gasteiger partial charge in [-0.3, -0.25) is 4.21 Å². The molecule has 0 amide bonds. The topological polar surface area (TPSA) is 52.3 Å². The quantitative estimate of drug-likeness (QED) is 0.800. The maximum atomic E-state index is 11.6. The molecule has 1 aromatic rings. The second-order valence-corrected chi connectivity index (χ2v) is 5.64. The Morgan fingerprint density at radius 2 is 2.13 bits per heavy atom. The molecule has 3 nitrogen and oxygen atoms in total. The van der Waals surface area contributed by atoms with E-state index in [2.05, 4.69) is 0 Å². The monoisotopic (exact) mass is 227 g/mol. The molecule has 1 atom stereocenters. The summed E-state index contributed by atoms with van der Waals surface area (Å²) in [5.74, 6) is 1.21. The van der Waals surface area contributed by atoms with Crippen LogP contribution in [0.25, 0.3) is 0 Å². The van der Waals surface area contributed by atoms with Crippen LogP contribution in [0.2, 0.25) is 0 Å². The SMILES string of the molecule is COc1ccc(CS(=O)C(C)C)cc1N. The van der Waals surface area contributed by atoms with E-state index >= 15 is 0 Å². The van der Waals surface area contributed by atoms with E-state index in [9.17, 15) is 4.21 Å². The fourth-order valence-corrected chi connectivity index (χ4v) is 2.05. The molecule has 0 aromatic heterocycles. The number of benzene rings is 1. The highest BCUT2D eigenvalue weighted by Crippen LogP contribution is 2.22. The third kappa shape index (κ3) is 3.23. The summed E-state index contributed by atoms with van der Waals surface area (Å²) in [6.07, 6.45) is 0. The summed E-state index contributed by atoms with van der Waals surface area (Å²) in [7, 11) is 0.745. The molecule has 0 aliphatic heterocycles. The van der Waals surface area contributed by atoms with Crippen molar-refractivity contribution in [2.24, 2.45) is 0 Å².